The summed E-state index contributed by atoms with van der Waals surface area (Å²) in [5.41, 5.74) is 3.00. The van der Waals surface area contributed by atoms with E-state index in [1.165, 1.54) is 25.7 Å². The van der Waals surface area contributed by atoms with Crippen LogP contribution in [0, 0.1) is 5.92 Å². The maximum absolute atomic E-state index is 4.96. The molecular weight excluding hydrogens is 336 g/mol. The smallest absolute Gasteiger partial charge is 0.224 e. The average Bonchev–Trinajstić information content (AvgIpc) is 3.06. The van der Waals surface area contributed by atoms with Gasteiger partial charge in [0.15, 0.2) is 5.65 Å². The molecule has 0 spiro atoms. The van der Waals surface area contributed by atoms with Crippen molar-refractivity contribution in [2.75, 3.05) is 26.5 Å². The fourth-order valence-corrected chi connectivity index (χ4v) is 4.10. The van der Waals surface area contributed by atoms with E-state index in [1.807, 2.05) is 31.4 Å². The first-order valence-electron chi connectivity index (χ1n) is 9.79. The van der Waals surface area contributed by atoms with Crippen LogP contribution in [0.25, 0.3) is 22.3 Å². The van der Waals surface area contributed by atoms with Crippen molar-refractivity contribution in [3.63, 3.8) is 0 Å². The van der Waals surface area contributed by atoms with Crippen LogP contribution in [0.1, 0.15) is 25.7 Å². The second kappa shape index (κ2) is 7.64. The van der Waals surface area contributed by atoms with Gasteiger partial charge in [-0.2, -0.15) is 10.1 Å². The van der Waals surface area contributed by atoms with Crippen LogP contribution >= 0.6 is 0 Å². The molecule has 0 radical (unpaired) electrons. The summed E-state index contributed by atoms with van der Waals surface area (Å²) < 4.78 is 2.10. The maximum atomic E-state index is 4.96. The van der Waals surface area contributed by atoms with E-state index in [2.05, 4.69) is 46.1 Å². The largest absolute Gasteiger partial charge is 0.357 e. The lowest BCUT2D eigenvalue weighted by atomic mass is 9.85. The highest BCUT2D eigenvalue weighted by Gasteiger charge is 2.24. The van der Waals surface area contributed by atoms with Crippen molar-refractivity contribution in [3.05, 3.63) is 36.5 Å². The van der Waals surface area contributed by atoms with E-state index in [1.54, 1.807) is 0 Å². The van der Waals surface area contributed by atoms with Gasteiger partial charge in [0.2, 0.25) is 5.95 Å². The molecule has 6 heteroatoms. The van der Waals surface area contributed by atoms with E-state index in [0.29, 0.717) is 17.9 Å². The van der Waals surface area contributed by atoms with E-state index >= 15 is 0 Å². The first-order valence-corrected chi connectivity index (χ1v) is 9.79. The molecule has 1 aromatic carbocycles. The number of nitrogens with zero attached hydrogens (tertiary/aromatic N) is 5. The zero-order chi connectivity index (χ0) is 18.8. The molecule has 2 aromatic heterocycles. The first-order chi connectivity index (χ1) is 13.2. The van der Waals surface area contributed by atoms with Crippen molar-refractivity contribution >= 4 is 17.0 Å². The van der Waals surface area contributed by atoms with E-state index in [4.69, 9.17) is 10.1 Å². The molecule has 2 heterocycles. The average molecular weight is 364 g/mol. The van der Waals surface area contributed by atoms with Gasteiger partial charge in [-0.1, -0.05) is 30.3 Å². The van der Waals surface area contributed by atoms with Crippen molar-refractivity contribution < 1.29 is 0 Å². The molecule has 0 amide bonds. The van der Waals surface area contributed by atoms with Gasteiger partial charge >= 0.3 is 0 Å². The van der Waals surface area contributed by atoms with E-state index in [9.17, 15) is 0 Å². The summed E-state index contributed by atoms with van der Waals surface area (Å²) in [5.74, 6) is 1.29. The Morgan fingerprint density at radius 1 is 1.11 bits per heavy atom. The summed E-state index contributed by atoms with van der Waals surface area (Å²) in [7, 11) is 6.23. The van der Waals surface area contributed by atoms with Crippen LogP contribution in [0.4, 0.5) is 5.95 Å². The predicted octanol–water partition coefficient (Wildman–Crippen LogP) is 3.66. The second-order valence-corrected chi connectivity index (χ2v) is 7.72. The summed E-state index contributed by atoms with van der Waals surface area (Å²) in [4.78, 5) is 11.5. The third-order valence-electron chi connectivity index (χ3n) is 5.74. The second-order valence-electron chi connectivity index (χ2n) is 7.72. The SMILES string of the molecule is CNc1ncc2c(-c3ccccc3)nn(C[C@H]3CC[C@@H](N(C)C)CC3)c2n1. The van der Waals surface area contributed by atoms with E-state index in [-0.39, 0.29) is 0 Å². The first kappa shape index (κ1) is 17.9. The Balaban J connectivity index is 1.66. The molecule has 0 bridgehead atoms. The minimum atomic E-state index is 0.638. The molecular formula is C21H28N6. The third-order valence-corrected chi connectivity index (χ3v) is 5.74. The minimum Gasteiger partial charge on any atom is -0.357 e. The molecule has 1 aliphatic rings. The third kappa shape index (κ3) is 3.67. The van der Waals surface area contributed by atoms with Crippen molar-refractivity contribution in [1.82, 2.24) is 24.6 Å². The predicted molar refractivity (Wildman–Crippen MR) is 110 cm³/mol. The van der Waals surface area contributed by atoms with Crippen LogP contribution in [0.5, 0.6) is 0 Å². The molecule has 142 valence electrons. The Labute approximate surface area is 160 Å². The Hall–Kier alpha value is -2.47. The van der Waals surface area contributed by atoms with E-state index in [0.717, 1.165) is 28.8 Å². The zero-order valence-corrected chi connectivity index (χ0v) is 16.4. The lowest BCUT2D eigenvalue weighted by molar-refractivity contribution is 0.182. The van der Waals surface area contributed by atoms with Crippen LogP contribution < -0.4 is 5.32 Å². The molecule has 0 unspecified atom stereocenters. The number of hydrogen-bond donors (Lipinski definition) is 1. The van der Waals surface area contributed by atoms with Gasteiger partial charge in [0.1, 0.15) is 5.69 Å². The molecule has 1 N–H and O–H groups in total. The molecule has 6 nitrogen and oxygen atoms in total. The van der Waals surface area contributed by atoms with Gasteiger partial charge in [-0.25, -0.2) is 9.67 Å². The van der Waals surface area contributed by atoms with Gasteiger partial charge in [-0.15, -0.1) is 0 Å². The molecule has 0 atom stereocenters. The fourth-order valence-electron chi connectivity index (χ4n) is 4.10. The number of rotatable bonds is 5. The number of fused-ring (bicyclic) bond motifs is 1. The molecule has 1 aliphatic carbocycles. The molecule has 1 fully saturated rings. The highest BCUT2D eigenvalue weighted by molar-refractivity contribution is 5.91. The highest BCUT2D eigenvalue weighted by atomic mass is 15.3. The monoisotopic (exact) mass is 364 g/mol. The fraction of sp³-hybridized carbons (Fsp3) is 0.476. The summed E-state index contributed by atoms with van der Waals surface area (Å²) in [5, 5.41) is 9.02. The Morgan fingerprint density at radius 3 is 2.52 bits per heavy atom. The minimum absolute atomic E-state index is 0.638. The quantitative estimate of drug-likeness (QED) is 0.749. The molecule has 27 heavy (non-hydrogen) atoms. The lowest BCUT2D eigenvalue weighted by Crippen LogP contribution is -2.33. The Kier molecular flexibility index (Phi) is 5.07. The number of nitrogens with one attached hydrogen (secondary N) is 1. The van der Waals surface area contributed by atoms with Gasteiger partial charge in [0, 0.05) is 31.4 Å². The maximum Gasteiger partial charge on any atom is 0.224 e. The van der Waals surface area contributed by atoms with Gasteiger partial charge in [-0.05, 0) is 45.7 Å². The van der Waals surface area contributed by atoms with Gasteiger partial charge in [-0.3, -0.25) is 0 Å². The summed E-state index contributed by atoms with van der Waals surface area (Å²) >= 11 is 0. The number of anilines is 1. The zero-order valence-electron chi connectivity index (χ0n) is 16.4. The van der Waals surface area contributed by atoms with E-state index < -0.39 is 0 Å². The molecule has 4 rings (SSSR count). The normalized spacial score (nSPS) is 20.3. The van der Waals surface area contributed by atoms with Crippen LogP contribution in [-0.4, -0.2) is 51.8 Å². The Bertz CT molecular complexity index is 894. The van der Waals surface area contributed by atoms with Crippen LogP contribution in [0.2, 0.25) is 0 Å². The molecule has 3 aromatic rings. The van der Waals surface area contributed by atoms with Gasteiger partial charge < -0.3 is 10.2 Å². The highest BCUT2D eigenvalue weighted by Crippen LogP contribution is 2.31. The van der Waals surface area contributed by atoms with Crippen molar-refractivity contribution in [1.29, 1.82) is 0 Å². The topological polar surface area (TPSA) is 58.9 Å². The summed E-state index contributed by atoms with van der Waals surface area (Å²) in [6.45, 7) is 0.920. The number of aromatic nitrogens is 4. The standard InChI is InChI=1S/C21H28N6/c1-22-21-23-13-18-19(16-7-5-4-6-8-16)25-27(20(18)24-21)14-15-9-11-17(12-10-15)26(2)3/h4-8,13,15,17H,9-12,14H2,1-3H3,(H,22,23,24)/t15-,17+. The van der Waals surface area contributed by atoms with Crippen molar-refractivity contribution in [2.24, 2.45) is 5.92 Å². The lowest BCUT2D eigenvalue weighted by Gasteiger charge is -2.32. The van der Waals surface area contributed by atoms with Crippen molar-refractivity contribution in [3.8, 4) is 11.3 Å². The van der Waals surface area contributed by atoms with Crippen LogP contribution in [-0.2, 0) is 6.54 Å². The van der Waals surface area contributed by atoms with Crippen LogP contribution in [0.15, 0.2) is 36.5 Å². The van der Waals surface area contributed by atoms with Crippen molar-refractivity contribution in [2.45, 2.75) is 38.3 Å². The Morgan fingerprint density at radius 2 is 1.85 bits per heavy atom. The van der Waals surface area contributed by atoms with Gasteiger partial charge in [0.05, 0.1) is 5.39 Å². The molecule has 1 saturated carbocycles. The van der Waals surface area contributed by atoms with Crippen LogP contribution in [0.3, 0.4) is 0 Å². The summed E-state index contributed by atoms with van der Waals surface area (Å²) in [6.07, 6.45) is 6.91. The van der Waals surface area contributed by atoms with Gasteiger partial charge in [0.25, 0.3) is 0 Å². The number of benzene rings is 1. The summed E-state index contributed by atoms with van der Waals surface area (Å²) in [6, 6.07) is 11.0. The number of hydrogen-bond acceptors (Lipinski definition) is 5. The molecule has 0 aliphatic heterocycles. The molecule has 0 saturated heterocycles.